The molecule has 1 aliphatic carbocycles. The van der Waals surface area contributed by atoms with Crippen LogP contribution in [0.1, 0.15) is 31.2 Å². The molecule has 0 saturated heterocycles. The van der Waals surface area contributed by atoms with Crippen molar-refractivity contribution >= 4 is 0 Å². The van der Waals surface area contributed by atoms with E-state index < -0.39 is 0 Å². The molecule has 2 atom stereocenters. The van der Waals surface area contributed by atoms with Crippen molar-refractivity contribution in [1.29, 1.82) is 0 Å². The van der Waals surface area contributed by atoms with Crippen molar-refractivity contribution in [2.24, 2.45) is 18.9 Å². The van der Waals surface area contributed by atoms with E-state index in [2.05, 4.69) is 37.4 Å². The Labute approximate surface area is 98.2 Å². The fraction of sp³-hybridized carbons (Fsp3) is 0.769. The van der Waals surface area contributed by atoms with Gasteiger partial charge in [0.25, 0.3) is 0 Å². The average Bonchev–Trinajstić information content (AvgIpc) is 3.02. The number of nitrogens with zero attached hydrogens (tertiary/aromatic N) is 2. The first-order valence-electron chi connectivity index (χ1n) is 6.28. The molecule has 3 heteroatoms. The highest BCUT2D eigenvalue weighted by Gasteiger charge is 2.32. The Morgan fingerprint density at radius 1 is 1.56 bits per heavy atom. The highest BCUT2D eigenvalue weighted by atomic mass is 15.3. The molecule has 1 aromatic rings. The van der Waals surface area contributed by atoms with Crippen molar-refractivity contribution in [2.75, 3.05) is 7.05 Å². The molecule has 0 aromatic carbocycles. The normalized spacial score (nSPS) is 19.8. The van der Waals surface area contributed by atoms with Crippen LogP contribution in [-0.4, -0.2) is 22.9 Å². The molecule has 0 bridgehead atoms. The van der Waals surface area contributed by atoms with Crippen LogP contribution in [0.15, 0.2) is 6.07 Å². The SMILES string of the molecule is CNC(Cc1cc(C)nn1C)C(C)C1CC1. The predicted molar refractivity (Wildman–Crippen MR) is 66.4 cm³/mol. The van der Waals surface area contributed by atoms with Crippen molar-refractivity contribution in [3.05, 3.63) is 17.5 Å². The minimum Gasteiger partial charge on any atom is -0.316 e. The third-order valence-electron chi connectivity index (χ3n) is 3.90. The van der Waals surface area contributed by atoms with E-state index in [0.29, 0.717) is 6.04 Å². The van der Waals surface area contributed by atoms with E-state index in [9.17, 15) is 0 Å². The summed E-state index contributed by atoms with van der Waals surface area (Å²) in [5.74, 6) is 1.73. The summed E-state index contributed by atoms with van der Waals surface area (Å²) in [6.07, 6.45) is 3.93. The summed E-state index contributed by atoms with van der Waals surface area (Å²) < 4.78 is 2.01. The highest BCUT2D eigenvalue weighted by molar-refractivity contribution is 5.10. The van der Waals surface area contributed by atoms with Gasteiger partial charge >= 0.3 is 0 Å². The largest absolute Gasteiger partial charge is 0.316 e. The molecular weight excluding hydrogens is 198 g/mol. The minimum atomic E-state index is 0.585. The van der Waals surface area contributed by atoms with E-state index in [1.54, 1.807) is 0 Å². The molecule has 1 heterocycles. The van der Waals surface area contributed by atoms with Crippen LogP contribution in [0.2, 0.25) is 0 Å². The Balaban J connectivity index is 2.02. The van der Waals surface area contributed by atoms with E-state index in [1.807, 2.05) is 11.7 Å². The maximum Gasteiger partial charge on any atom is 0.0596 e. The quantitative estimate of drug-likeness (QED) is 0.823. The van der Waals surface area contributed by atoms with Gasteiger partial charge in [0.1, 0.15) is 0 Å². The Kier molecular flexibility index (Phi) is 3.33. The molecule has 3 nitrogen and oxygen atoms in total. The second-order valence-corrected chi connectivity index (χ2v) is 5.20. The van der Waals surface area contributed by atoms with Crippen LogP contribution >= 0.6 is 0 Å². The van der Waals surface area contributed by atoms with Gasteiger partial charge in [-0.3, -0.25) is 4.68 Å². The van der Waals surface area contributed by atoms with E-state index >= 15 is 0 Å². The fourth-order valence-corrected chi connectivity index (χ4v) is 2.58. The molecule has 2 unspecified atom stereocenters. The van der Waals surface area contributed by atoms with Gasteiger partial charge in [-0.1, -0.05) is 6.92 Å². The monoisotopic (exact) mass is 221 g/mol. The minimum absolute atomic E-state index is 0.585. The Bertz CT molecular complexity index is 352. The summed E-state index contributed by atoms with van der Waals surface area (Å²) in [5.41, 5.74) is 2.45. The fourth-order valence-electron chi connectivity index (χ4n) is 2.58. The molecule has 1 aromatic heterocycles. The number of likely N-dealkylation sites (N-methyl/N-ethyl adjacent to an activating group) is 1. The van der Waals surface area contributed by atoms with Crippen LogP contribution in [0.3, 0.4) is 0 Å². The average molecular weight is 221 g/mol. The molecule has 0 spiro atoms. The molecule has 1 aliphatic rings. The molecular formula is C13H23N3. The first-order chi connectivity index (χ1) is 7.61. The second kappa shape index (κ2) is 4.58. The van der Waals surface area contributed by atoms with E-state index in [4.69, 9.17) is 0 Å². The number of aromatic nitrogens is 2. The van der Waals surface area contributed by atoms with Crippen LogP contribution in [0.5, 0.6) is 0 Å². The second-order valence-electron chi connectivity index (χ2n) is 5.20. The summed E-state index contributed by atoms with van der Waals surface area (Å²) in [6, 6.07) is 2.78. The lowest BCUT2D eigenvalue weighted by molar-refractivity contribution is 0.352. The predicted octanol–water partition coefficient (Wildman–Crippen LogP) is 1.91. The summed E-state index contributed by atoms with van der Waals surface area (Å²) >= 11 is 0. The van der Waals surface area contributed by atoms with Gasteiger partial charge in [0.05, 0.1) is 5.69 Å². The third kappa shape index (κ3) is 2.46. The van der Waals surface area contributed by atoms with Crippen LogP contribution in [-0.2, 0) is 13.5 Å². The number of hydrogen-bond donors (Lipinski definition) is 1. The number of aryl methyl sites for hydroxylation is 2. The molecule has 2 rings (SSSR count). The van der Waals surface area contributed by atoms with Gasteiger partial charge in [0, 0.05) is 25.2 Å². The van der Waals surface area contributed by atoms with Crippen molar-refractivity contribution in [1.82, 2.24) is 15.1 Å². The molecule has 0 radical (unpaired) electrons. The zero-order valence-electron chi connectivity index (χ0n) is 10.8. The molecule has 0 aliphatic heterocycles. The van der Waals surface area contributed by atoms with Gasteiger partial charge in [0.2, 0.25) is 0 Å². The van der Waals surface area contributed by atoms with Gasteiger partial charge < -0.3 is 5.32 Å². The Morgan fingerprint density at radius 2 is 2.25 bits per heavy atom. The van der Waals surface area contributed by atoms with Crippen LogP contribution in [0.4, 0.5) is 0 Å². The van der Waals surface area contributed by atoms with Gasteiger partial charge in [-0.2, -0.15) is 5.10 Å². The first kappa shape index (κ1) is 11.6. The van der Waals surface area contributed by atoms with E-state index in [1.165, 1.54) is 18.5 Å². The lowest BCUT2D eigenvalue weighted by Gasteiger charge is -2.23. The van der Waals surface area contributed by atoms with E-state index in [-0.39, 0.29) is 0 Å². The van der Waals surface area contributed by atoms with Crippen LogP contribution < -0.4 is 5.32 Å². The van der Waals surface area contributed by atoms with Gasteiger partial charge in [0.15, 0.2) is 0 Å². The number of rotatable bonds is 5. The van der Waals surface area contributed by atoms with Gasteiger partial charge in [-0.25, -0.2) is 0 Å². The van der Waals surface area contributed by atoms with Crippen molar-refractivity contribution in [3.63, 3.8) is 0 Å². The number of hydrogen-bond acceptors (Lipinski definition) is 2. The first-order valence-corrected chi connectivity index (χ1v) is 6.28. The van der Waals surface area contributed by atoms with Crippen molar-refractivity contribution in [2.45, 2.75) is 39.2 Å². The number of nitrogens with one attached hydrogen (secondary N) is 1. The summed E-state index contributed by atoms with van der Waals surface area (Å²) in [5, 5.41) is 7.87. The van der Waals surface area contributed by atoms with Crippen molar-refractivity contribution in [3.8, 4) is 0 Å². The lowest BCUT2D eigenvalue weighted by Crippen LogP contribution is -2.35. The summed E-state index contributed by atoms with van der Waals surface area (Å²) in [7, 11) is 4.11. The molecule has 90 valence electrons. The maximum absolute atomic E-state index is 4.41. The van der Waals surface area contributed by atoms with Gasteiger partial charge in [-0.15, -0.1) is 0 Å². The maximum atomic E-state index is 4.41. The van der Waals surface area contributed by atoms with Crippen LogP contribution in [0.25, 0.3) is 0 Å². The lowest BCUT2D eigenvalue weighted by atomic mass is 9.93. The van der Waals surface area contributed by atoms with Crippen LogP contribution in [0, 0.1) is 18.8 Å². The molecule has 1 N–H and O–H groups in total. The molecule has 1 saturated carbocycles. The Morgan fingerprint density at radius 3 is 2.69 bits per heavy atom. The zero-order valence-corrected chi connectivity index (χ0v) is 10.8. The van der Waals surface area contributed by atoms with Crippen molar-refractivity contribution < 1.29 is 0 Å². The third-order valence-corrected chi connectivity index (χ3v) is 3.90. The Hall–Kier alpha value is -0.830. The highest BCUT2D eigenvalue weighted by Crippen LogP contribution is 2.38. The van der Waals surface area contributed by atoms with E-state index in [0.717, 1.165) is 24.0 Å². The van der Waals surface area contributed by atoms with Gasteiger partial charge in [-0.05, 0) is 44.7 Å². The topological polar surface area (TPSA) is 29.9 Å². The molecule has 0 amide bonds. The molecule has 16 heavy (non-hydrogen) atoms. The summed E-state index contributed by atoms with van der Waals surface area (Å²) in [6.45, 7) is 4.43. The smallest absolute Gasteiger partial charge is 0.0596 e. The molecule has 1 fully saturated rings. The summed E-state index contributed by atoms with van der Waals surface area (Å²) in [4.78, 5) is 0. The standard InChI is InChI=1S/C13H23N3/c1-9-7-12(16(4)15-9)8-13(14-3)10(2)11-5-6-11/h7,10-11,13-14H,5-6,8H2,1-4H3. The zero-order chi connectivity index (χ0) is 11.7.